The summed E-state index contributed by atoms with van der Waals surface area (Å²) in [5.41, 5.74) is 0. The van der Waals surface area contributed by atoms with Crippen LogP contribution in [0.4, 0.5) is 0 Å². The van der Waals surface area contributed by atoms with Gasteiger partial charge in [0.05, 0.1) is 25.2 Å². The van der Waals surface area contributed by atoms with Gasteiger partial charge in [0.1, 0.15) is 6.10 Å². The standard InChI is InChI=1S/C52H103NO5/c1-4-7-10-13-16-19-22-24-25-26-28-29-32-35-38-41-44-50(55)49(47-54)53-51(56)46-48(43-40-37-34-31-21-18-15-12-9-6-3)58-52(57)45-42-39-36-33-30-27-23-20-17-14-11-8-5-2/h48-50,54-55H,4-47H2,1-3H3,(H,53,56). The maximum atomic E-state index is 13.2. The van der Waals surface area contributed by atoms with Gasteiger partial charge in [-0.15, -0.1) is 0 Å². The molecule has 0 saturated heterocycles. The average molecular weight is 822 g/mol. The van der Waals surface area contributed by atoms with Crippen LogP contribution in [0, 0.1) is 0 Å². The van der Waals surface area contributed by atoms with Gasteiger partial charge < -0.3 is 20.3 Å². The van der Waals surface area contributed by atoms with Gasteiger partial charge in [-0.05, 0) is 25.7 Å². The van der Waals surface area contributed by atoms with Crippen LogP contribution in [0.1, 0.15) is 297 Å². The number of ether oxygens (including phenoxy) is 1. The number of unbranched alkanes of at least 4 members (excludes halogenated alkanes) is 36. The van der Waals surface area contributed by atoms with E-state index in [4.69, 9.17) is 4.74 Å². The summed E-state index contributed by atoms with van der Waals surface area (Å²) in [6.45, 7) is 6.50. The van der Waals surface area contributed by atoms with E-state index in [1.54, 1.807) is 0 Å². The summed E-state index contributed by atoms with van der Waals surface area (Å²) < 4.78 is 5.93. The quantitative estimate of drug-likeness (QED) is 0.0420. The zero-order valence-corrected chi connectivity index (χ0v) is 39.5. The van der Waals surface area contributed by atoms with Crippen molar-refractivity contribution in [1.82, 2.24) is 5.32 Å². The molecule has 1 amide bonds. The largest absolute Gasteiger partial charge is 0.462 e. The lowest BCUT2D eigenvalue weighted by Gasteiger charge is -2.24. The topological polar surface area (TPSA) is 95.9 Å². The minimum Gasteiger partial charge on any atom is -0.462 e. The summed E-state index contributed by atoms with van der Waals surface area (Å²) in [6.07, 6.45) is 50.2. The second kappa shape index (κ2) is 46.9. The van der Waals surface area contributed by atoms with E-state index in [0.29, 0.717) is 19.3 Å². The Kier molecular flexibility index (Phi) is 46.0. The molecule has 0 rings (SSSR count). The summed E-state index contributed by atoms with van der Waals surface area (Å²) in [5, 5.41) is 23.8. The number of aliphatic hydroxyl groups is 2. The van der Waals surface area contributed by atoms with E-state index < -0.39 is 18.2 Å². The van der Waals surface area contributed by atoms with Crippen molar-refractivity contribution >= 4 is 11.9 Å². The van der Waals surface area contributed by atoms with E-state index in [9.17, 15) is 19.8 Å². The molecule has 0 aromatic rings. The molecule has 58 heavy (non-hydrogen) atoms. The fourth-order valence-corrected chi connectivity index (χ4v) is 8.43. The Morgan fingerprint density at radius 1 is 0.431 bits per heavy atom. The first-order valence-corrected chi connectivity index (χ1v) is 26.3. The highest BCUT2D eigenvalue weighted by atomic mass is 16.5. The van der Waals surface area contributed by atoms with Crippen molar-refractivity contribution in [2.75, 3.05) is 6.61 Å². The van der Waals surface area contributed by atoms with Crippen LogP contribution in [0.2, 0.25) is 0 Å². The molecule has 0 aromatic carbocycles. The van der Waals surface area contributed by atoms with Crippen LogP contribution in [0.15, 0.2) is 0 Å². The molecular formula is C52H103NO5. The first kappa shape index (κ1) is 56.9. The first-order chi connectivity index (χ1) is 28.5. The van der Waals surface area contributed by atoms with Gasteiger partial charge in [0.2, 0.25) is 5.91 Å². The monoisotopic (exact) mass is 822 g/mol. The molecule has 0 heterocycles. The van der Waals surface area contributed by atoms with Crippen molar-refractivity contribution in [3.05, 3.63) is 0 Å². The molecule has 0 spiro atoms. The number of carbonyl (C=O) groups excluding carboxylic acids is 2. The van der Waals surface area contributed by atoms with E-state index in [2.05, 4.69) is 26.1 Å². The minimum atomic E-state index is -0.779. The van der Waals surface area contributed by atoms with E-state index in [1.165, 1.54) is 212 Å². The van der Waals surface area contributed by atoms with Crippen LogP contribution in [0.3, 0.4) is 0 Å². The number of aliphatic hydroxyl groups excluding tert-OH is 2. The molecular weight excluding hydrogens is 719 g/mol. The molecule has 3 atom stereocenters. The van der Waals surface area contributed by atoms with Gasteiger partial charge in [0.15, 0.2) is 0 Å². The van der Waals surface area contributed by atoms with Crippen molar-refractivity contribution in [2.45, 2.75) is 315 Å². The predicted molar refractivity (Wildman–Crippen MR) is 250 cm³/mol. The molecule has 0 aliphatic heterocycles. The third-order valence-electron chi connectivity index (χ3n) is 12.4. The Morgan fingerprint density at radius 2 is 0.724 bits per heavy atom. The van der Waals surface area contributed by atoms with Crippen molar-refractivity contribution in [2.24, 2.45) is 0 Å². The zero-order valence-electron chi connectivity index (χ0n) is 39.5. The van der Waals surface area contributed by atoms with Crippen LogP contribution >= 0.6 is 0 Å². The van der Waals surface area contributed by atoms with Gasteiger partial charge in [-0.3, -0.25) is 9.59 Å². The Morgan fingerprint density at radius 3 is 1.05 bits per heavy atom. The lowest BCUT2D eigenvalue weighted by Crippen LogP contribution is -2.46. The van der Waals surface area contributed by atoms with Crippen molar-refractivity contribution < 1.29 is 24.5 Å². The van der Waals surface area contributed by atoms with Gasteiger partial charge in [-0.25, -0.2) is 0 Å². The predicted octanol–water partition coefficient (Wildman–Crippen LogP) is 15.6. The SMILES string of the molecule is CCCCCCCCCCCCCCCCCCC(O)C(CO)NC(=O)CC(CCCCCCCCCCCC)OC(=O)CCCCCCCCCCCCCCC. The summed E-state index contributed by atoms with van der Waals surface area (Å²) in [4.78, 5) is 26.1. The average Bonchev–Trinajstić information content (AvgIpc) is 3.22. The molecule has 0 aliphatic carbocycles. The highest BCUT2D eigenvalue weighted by molar-refractivity contribution is 5.77. The number of carbonyl (C=O) groups is 2. The van der Waals surface area contributed by atoms with Gasteiger partial charge >= 0.3 is 5.97 Å². The van der Waals surface area contributed by atoms with Crippen LogP contribution in [-0.2, 0) is 14.3 Å². The molecule has 6 nitrogen and oxygen atoms in total. The lowest BCUT2D eigenvalue weighted by atomic mass is 10.0. The van der Waals surface area contributed by atoms with Crippen LogP contribution < -0.4 is 5.32 Å². The van der Waals surface area contributed by atoms with Crippen LogP contribution in [-0.4, -0.2) is 46.9 Å². The molecule has 3 N–H and O–H groups in total. The number of hydrogen-bond donors (Lipinski definition) is 3. The highest BCUT2D eigenvalue weighted by Gasteiger charge is 2.24. The Hall–Kier alpha value is -1.14. The fraction of sp³-hybridized carbons (Fsp3) is 0.962. The molecule has 0 bridgehead atoms. The van der Waals surface area contributed by atoms with E-state index in [1.807, 2.05) is 0 Å². The van der Waals surface area contributed by atoms with Gasteiger partial charge in [0, 0.05) is 6.42 Å². The molecule has 0 aliphatic rings. The van der Waals surface area contributed by atoms with Crippen molar-refractivity contribution in [1.29, 1.82) is 0 Å². The fourth-order valence-electron chi connectivity index (χ4n) is 8.43. The van der Waals surface area contributed by atoms with Crippen LogP contribution in [0.5, 0.6) is 0 Å². The van der Waals surface area contributed by atoms with E-state index in [0.717, 1.165) is 38.5 Å². The number of hydrogen-bond acceptors (Lipinski definition) is 5. The van der Waals surface area contributed by atoms with Crippen molar-refractivity contribution in [3.63, 3.8) is 0 Å². The Bertz CT molecular complexity index is 837. The second-order valence-corrected chi connectivity index (χ2v) is 18.3. The maximum absolute atomic E-state index is 13.2. The van der Waals surface area contributed by atoms with Crippen LogP contribution in [0.25, 0.3) is 0 Å². The summed E-state index contributed by atoms with van der Waals surface area (Å²) in [5.74, 6) is -0.453. The minimum absolute atomic E-state index is 0.0873. The first-order valence-electron chi connectivity index (χ1n) is 26.3. The number of rotatable bonds is 48. The summed E-state index contributed by atoms with van der Waals surface area (Å²) in [6, 6.07) is -0.691. The Balaban J connectivity index is 4.41. The van der Waals surface area contributed by atoms with Crippen molar-refractivity contribution in [3.8, 4) is 0 Å². The number of esters is 1. The van der Waals surface area contributed by atoms with Gasteiger partial charge in [-0.1, -0.05) is 258 Å². The Labute approximate surface area is 362 Å². The van der Waals surface area contributed by atoms with E-state index in [-0.39, 0.29) is 24.9 Å². The molecule has 346 valence electrons. The normalized spacial score (nSPS) is 13.1. The van der Waals surface area contributed by atoms with Gasteiger partial charge in [0.25, 0.3) is 0 Å². The smallest absolute Gasteiger partial charge is 0.306 e. The number of amides is 1. The second-order valence-electron chi connectivity index (χ2n) is 18.3. The third kappa shape index (κ3) is 41.6. The molecule has 0 fully saturated rings. The maximum Gasteiger partial charge on any atom is 0.306 e. The lowest BCUT2D eigenvalue weighted by molar-refractivity contribution is -0.151. The van der Waals surface area contributed by atoms with E-state index >= 15 is 0 Å². The highest BCUT2D eigenvalue weighted by Crippen LogP contribution is 2.19. The zero-order chi connectivity index (χ0) is 42.4. The van der Waals surface area contributed by atoms with Gasteiger partial charge in [-0.2, -0.15) is 0 Å². The third-order valence-corrected chi connectivity index (χ3v) is 12.4. The number of nitrogens with one attached hydrogen (secondary N) is 1. The molecule has 0 radical (unpaired) electrons. The molecule has 0 saturated carbocycles. The molecule has 3 unspecified atom stereocenters. The molecule has 0 aromatic heterocycles. The summed E-state index contributed by atoms with van der Waals surface area (Å²) >= 11 is 0. The molecule has 6 heteroatoms. The summed E-state index contributed by atoms with van der Waals surface area (Å²) in [7, 11) is 0.